The minimum absolute atomic E-state index is 0.394. The number of aliphatic hydroxyl groups excluding tert-OH is 1. The summed E-state index contributed by atoms with van der Waals surface area (Å²) in [5.74, 6) is 0.714. The van der Waals surface area contributed by atoms with E-state index in [2.05, 4.69) is 18.8 Å². The fraction of sp³-hybridized carbons (Fsp3) is 0.727. The van der Waals surface area contributed by atoms with Gasteiger partial charge in [-0.3, -0.25) is 0 Å². The lowest BCUT2D eigenvalue weighted by molar-refractivity contribution is 0.158. The highest BCUT2D eigenvalue weighted by atomic mass is 16.3. The zero-order chi connectivity index (χ0) is 10.6. The molecule has 0 aliphatic carbocycles. The van der Waals surface area contributed by atoms with Gasteiger partial charge in [0.25, 0.3) is 0 Å². The van der Waals surface area contributed by atoms with Crippen LogP contribution in [0.5, 0.6) is 0 Å². The van der Waals surface area contributed by atoms with Crippen LogP contribution >= 0.6 is 0 Å². The standard InChI is InChI=1S/C11H20N2O/c1-9(2)5-4-6-11(14)10-7-13(3)8-12-10/h7-9,11,14H,4-6H2,1-3H3. The monoisotopic (exact) mass is 196 g/mol. The molecule has 14 heavy (non-hydrogen) atoms. The summed E-state index contributed by atoms with van der Waals surface area (Å²) < 4.78 is 1.86. The third-order valence-corrected chi connectivity index (χ3v) is 2.33. The summed E-state index contributed by atoms with van der Waals surface area (Å²) in [7, 11) is 1.91. The maximum Gasteiger partial charge on any atom is 0.0975 e. The fourth-order valence-corrected chi connectivity index (χ4v) is 1.47. The molecule has 1 aromatic rings. The van der Waals surface area contributed by atoms with E-state index in [4.69, 9.17) is 0 Å². The molecule has 1 rings (SSSR count). The number of nitrogens with zero attached hydrogens (tertiary/aromatic N) is 2. The van der Waals surface area contributed by atoms with E-state index in [1.165, 1.54) is 6.42 Å². The highest BCUT2D eigenvalue weighted by Crippen LogP contribution is 2.18. The third kappa shape index (κ3) is 3.50. The van der Waals surface area contributed by atoms with Gasteiger partial charge in [-0.05, 0) is 12.3 Å². The van der Waals surface area contributed by atoms with E-state index in [-0.39, 0.29) is 0 Å². The first-order valence-electron chi connectivity index (χ1n) is 5.25. The molecule has 0 radical (unpaired) electrons. The van der Waals surface area contributed by atoms with Crippen LogP contribution in [0, 0.1) is 5.92 Å². The van der Waals surface area contributed by atoms with E-state index in [0.717, 1.165) is 18.5 Å². The van der Waals surface area contributed by atoms with Crippen LogP contribution in [-0.4, -0.2) is 14.7 Å². The Balaban J connectivity index is 2.32. The average molecular weight is 196 g/mol. The Bertz CT molecular complexity index is 268. The van der Waals surface area contributed by atoms with Crippen LogP contribution in [0.4, 0.5) is 0 Å². The van der Waals surface area contributed by atoms with Crippen molar-refractivity contribution in [2.45, 2.75) is 39.2 Å². The molecule has 1 atom stereocenters. The second-order valence-corrected chi connectivity index (χ2v) is 4.30. The van der Waals surface area contributed by atoms with Crippen LogP contribution in [0.15, 0.2) is 12.5 Å². The number of imidazole rings is 1. The first-order valence-corrected chi connectivity index (χ1v) is 5.25. The predicted octanol–water partition coefficient (Wildman–Crippen LogP) is 2.28. The molecule has 0 aromatic carbocycles. The predicted molar refractivity (Wildman–Crippen MR) is 56.9 cm³/mol. The molecule has 0 saturated carbocycles. The van der Waals surface area contributed by atoms with Crippen LogP contribution in [0.3, 0.4) is 0 Å². The molecule has 0 saturated heterocycles. The molecule has 1 aromatic heterocycles. The molecule has 1 heterocycles. The van der Waals surface area contributed by atoms with Crippen molar-refractivity contribution < 1.29 is 5.11 Å². The van der Waals surface area contributed by atoms with Crippen LogP contribution in [0.1, 0.15) is 44.9 Å². The summed E-state index contributed by atoms with van der Waals surface area (Å²) in [6.07, 6.45) is 6.25. The summed E-state index contributed by atoms with van der Waals surface area (Å²) in [6, 6.07) is 0. The van der Waals surface area contributed by atoms with Gasteiger partial charge in [-0.15, -0.1) is 0 Å². The smallest absolute Gasteiger partial charge is 0.0975 e. The molecule has 80 valence electrons. The normalized spacial score (nSPS) is 13.5. The van der Waals surface area contributed by atoms with Gasteiger partial charge in [-0.25, -0.2) is 4.98 Å². The lowest BCUT2D eigenvalue weighted by atomic mass is 10.0. The molecule has 0 bridgehead atoms. The van der Waals surface area contributed by atoms with E-state index < -0.39 is 6.10 Å². The Morgan fingerprint density at radius 3 is 2.64 bits per heavy atom. The summed E-state index contributed by atoms with van der Waals surface area (Å²) in [6.45, 7) is 4.40. The van der Waals surface area contributed by atoms with E-state index in [9.17, 15) is 5.11 Å². The van der Waals surface area contributed by atoms with Crippen molar-refractivity contribution in [3.8, 4) is 0 Å². The lowest BCUT2D eigenvalue weighted by Gasteiger charge is -2.08. The highest BCUT2D eigenvalue weighted by molar-refractivity contribution is 5.00. The topological polar surface area (TPSA) is 38.0 Å². The molecule has 3 heteroatoms. The first-order chi connectivity index (χ1) is 6.59. The molecule has 0 aliphatic heterocycles. The van der Waals surface area contributed by atoms with Crippen molar-refractivity contribution in [2.24, 2.45) is 13.0 Å². The largest absolute Gasteiger partial charge is 0.387 e. The maximum absolute atomic E-state index is 9.77. The van der Waals surface area contributed by atoms with Crippen molar-refractivity contribution in [3.63, 3.8) is 0 Å². The molecule has 3 nitrogen and oxygen atoms in total. The van der Waals surface area contributed by atoms with E-state index >= 15 is 0 Å². The highest BCUT2D eigenvalue weighted by Gasteiger charge is 2.09. The zero-order valence-electron chi connectivity index (χ0n) is 9.27. The minimum Gasteiger partial charge on any atom is -0.387 e. The summed E-state index contributed by atoms with van der Waals surface area (Å²) in [5, 5.41) is 9.77. The van der Waals surface area contributed by atoms with Gasteiger partial charge in [0, 0.05) is 13.2 Å². The molecular formula is C11H20N2O. The van der Waals surface area contributed by atoms with Gasteiger partial charge in [0.1, 0.15) is 0 Å². The molecule has 0 aliphatic rings. The molecule has 1 unspecified atom stereocenters. The molecule has 0 amide bonds. The van der Waals surface area contributed by atoms with Crippen molar-refractivity contribution in [1.82, 2.24) is 9.55 Å². The van der Waals surface area contributed by atoms with Crippen molar-refractivity contribution in [1.29, 1.82) is 0 Å². The Morgan fingerprint density at radius 2 is 2.14 bits per heavy atom. The van der Waals surface area contributed by atoms with Gasteiger partial charge in [-0.2, -0.15) is 0 Å². The van der Waals surface area contributed by atoms with Gasteiger partial charge < -0.3 is 9.67 Å². The molecule has 0 fully saturated rings. The zero-order valence-corrected chi connectivity index (χ0v) is 9.27. The molecule has 0 spiro atoms. The van der Waals surface area contributed by atoms with Crippen LogP contribution in [0.2, 0.25) is 0 Å². The van der Waals surface area contributed by atoms with Gasteiger partial charge in [-0.1, -0.05) is 26.7 Å². The van der Waals surface area contributed by atoms with Crippen molar-refractivity contribution >= 4 is 0 Å². The fourth-order valence-electron chi connectivity index (χ4n) is 1.47. The van der Waals surface area contributed by atoms with Crippen LogP contribution in [-0.2, 0) is 7.05 Å². The number of hydrogen-bond acceptors (Lipinski definition) is 2. The van der Waals surface area contributed by atoms with Crippen LogP contribution in [0.25, 0.3) is 0 Å². The van der Waals surface area contributed by atoms with E-state index in [1.54, 1.807) is 6.33 Å². The number of hydrogen-bond donors (Lipinski definition) is 1. The Kier molecular flexibility index (Phi) is 4.14. The second-order valence-electron chi connectivity index (χ2n) is 4.30. The summed E-state index contributed by atoms with van der Waals surface area (Å²) in [4.78, 5) is 4.13. The number of rotatable bonds is 5. The van der Waals surface area contributed by atoms with Crippen molar-refractivity contribution in [2.75, 3.05) is 0 Å². The summed E-state index contributed by atoms with van der Waals surface area (Å²) >= 11 is 0. The third-order valence-electron chi connectivity index (χ3n) is 2.33. The number of aliphatic hydroxyl groups is 1. The van der Waals surface area contributed by atoms with Crippen molar-refractivity contribution in [3.05, 3.63) is 18.2 Å². The van der Waals surface area contributed by atoms with E-state index in [0.29, 0.717) is 5.92 Å². The number of aryl methyl sites for hydroxylation is 1. The second kappa shape index (κ2) is 5.15. The van der Waals surface area contributed by atoms with Gasteiger partial charge in [0.05, 0.1) is 18.1 Å². The van der Waals surface area contributed by atoms with Gasteiger partial charge in [0.2, 0.25) is 0 Å². The minimum atomic E-state index is -0.394. The Morgan fingerprint density at radius 1 is 1.43 bits per heavy atom. The van der Waals surface area contributed by atoms with E-state index in [1.807, 2.05) is 17.8 Å². The summed E-state index contributed by atoms with van der Waals surface area (Å²) in [5.41, 5.74) is 0.788. The Labute approximate surface area is 85.8 Å². The first kappa shape index (κ1) is 11.2. The Hall–Kier alpha value is -0.830. The van der Waals surface area contributed by atoms with Crippen LogP contribution < -0.4 is 0 Å². The SMILES string of the molecule is CC(C)CCCC(O)c1cn(C)cn1. The quantitative estimate of drug-likeness (QED) is 0.784. The number of aromatic nitrogens is 2. The van der Waals surface area contributed by atoms with Gasteiger partial charge >= 0.3 is 0 Å². The van der Waals surface area contributed by atoms with Gasteiger partial charge in [0.15, 0.2) is 0 Å². The molecular weight excluding hydrogens is 176 g/mol. The average Bonchev–Trinajstić information content (AvgIpc) is 2.51. The lowest BCUT2D eigenvalue weighted by Crippen LogP contribution is -1.99. The molecule has 1 N–H and O–H groups in total. The maximum atomic E-state index is 9.77.